The normalized spacial score (nSPS) is 13.5. The second kappa shape index (κ2) is 19.9. The van der Waals surface area contributed by atoms with Gasteiger partial charge in [0.05, 0.1) is 12.0 Å². The van der Waals surface area contributed by atoms with Gasteiger partial charge in [-0.3, -0.25) is 0 Å². The van der Waals surface area contributed by atoms with Gasteiger partial charge in [0.25, 0.3) is 5.82 Å². The van der Waals surface area contributed by atoms with Crippen molar-refractivity contribution < 1.29 is 4.57 Å². The minimum absolute atomic E-state index is 0.624. The first-order chi connectivity index (χ1) is 15.2. The largest absolute Gasteiger partial charge is 0.257 e. The topological polar surface area (TPSA) is 19.7 Å². The molecule has 0 spiro atoms. The molecule has 2 atom stereocenters. The van der Waals surface area contributed by atoms with Crippen LogP contribution in [0.3, 0.4) is 0 Å². The van der Waals surface area contributed by atoms with Gasteiger partial charge in [0.1, 0.15) is 12.4 Å². The van der Waals surface area contributed by atoms with Crippen molar-refractivity contribution in [2.45, 2.75) is 168 Å². The smallest absolute Gasteiger partial charge is 0.247 e. The predicted octanol–water partition coefficient (Wildman–Crippen LogP) is 9.81. The van der Waals surface area contributed by atoms with Gasteiger partial charge >= 0.3 is 0 Å². The summed E-state index contributed by atoms with van der Waals surface area (Å²) in [7, 11) is 0. The summed E-state index contributed by atoms with van der Waals surface area (Å²) in [6.07, 6.45) is 32.4. The monoisotopic (exact) mass is 433 g/mol. The highest BCUT2D eigenvalue weighted by Crippen LogP contribution is 2.26. The molecule has 0 aromatic carbocycles. The van der Waals surface area contributed by atoms with Gasteiger partial charge in [-0.1, -0.05) is 124 Å². The highest BCUT2D eigenvalue weighted by atomic mass is 15.1. The van der Waals surface area contributed by atoms with Crippen LogP contribution in [-0.4, -0.2) is 4.98 Å². The lowest BCUT2D eigenvalue weighted by Crippen LogP contribution is -2.41. The van der Waals surface area contributed by atoms with E-state index in [1.54, 1.807) is 0 Å². The first-order valence-electron chi connectivity index (χ1n) is 14.3. The average molecular weight is 434 g/mol. The average Bonchev–Trinajstić information content (AvgIpc) is 3.26. The molecule has 0 aliphatic rings. The van der Waals surface area contributed by atoms with Crippen molar-refractivity contribution in [2.75, 3.05) is 0 Å². The van der Waals surface area contributed by atoms with E-state index in [-0.39, 0.29) is 0 Å². The third-order valence-electron chi connectivity index (χ3n) is 7.12. The first-order valence-corrected chi connectivity index (χ1v) is 14.3. The molecule has 1 aromatic heterocycles. The molecule has 182 valence electrons. The third kappa shape index (κ3) is 13.4. The molecule has 1 N–H and O–H groups in total. The van der Waals surface area contributed by atoms with Crippen molar-refractivity contribution >= 4 is 0 Å². The number of aromatic nitrogens is 2. The second-order valence-electron chi connectivity index (χ2n) is 10.1. The van der Waals surface area contributed by atoms with Crippen LogP contribution in [-0.2, 0) is 0 Å². The summed E-state index contributed by atoms with van der Waals surface area (Å²) in [5.41, 5.74) is 0. The minimum atomic E-state index is 0.624. The van der Waals surface area contributed by atoms with Gasteiger partial charge in [-0.05, 0) is 32.6 Å². The summed E-state index contributed by atoms with van der Waals surface area (Å²) < 4.78 is 2.57. The summed E-state index contributed by atoms with van der Waals surface area (Å²) >= 11 is 0. The van der Waals surface area contributed by atoms with Gasteiger partial charge in [-0.15, -0.1) is 0 Å². The SMILES string of the molecule is CCCCCCCCCCCC(CCC)c1[nH]cc[n+]1C(C)CCCCCCCCC. The zero-order chi connectivity index (χ0) is 22.6. The molecule has 0 amide bonds. The predicted molar refractivity (Wildman–Crippen MR) is 138 cm³/mol. The standard InChI is InChI=1S/C29H56N2/c1-5-8-10-12-14-15-17-19-21-24-28(22-7-3)29-30-25-26-31(29)27(4)23-20-18-16-13-11-9-6-2/h25-28H,5-24H2,1-4H3/p+1. The van der Waals surface area contributed by atoms with Crippen molar-refractivity contribution in [2.24, 2.45) is 0 Å². The fourth-order valence-electron chi connectivity index (χ4n) is 5.07. The molecular formula is C29H57N2+. The Morgan fingerprint density at radius 2 is 1.10 bits per heavy atom. The second-order valence-corrected chi connectivity index (χ2v) is 10.1. The number of H-pyrrole nitrogens is 1. The molecule has 0 aliphatic heterocycles. The van der Waals surface area contributed by atoms with Gasteiger partial charge in [0, 0.05) is 0 Å². The van der Waals surface area contributed by atoms with Crippen molar-refractivity contribution in [3.8, 4) is 0 Å². The zero-order valence-corrected chi connectivity index (χ0v) is 21.9. The molecule has 0 saturated carbocycles. The fourth-order valence-corrected chi connectivity index (χ4v) is 5.07. The van der Waals surface area contributed by atoms with Crippen molar-refractivity contribution in [1.82, 2.24) is 4.98 Å². The molecule has 2 unspecified atom stereocenters. The van der Waals surface area contributed by atoms with Gasteiger partial charge in [0.15, 0.2) is 0 Å². The van der Waals surface area contributed by atoms with Crippen molar-refractivity contribution in [1.29, 1.82) is 0 Å². The number of imidazole rings is 1. The Hall–Kier alpha value is -0.790. The third-order valence-corrected chi connectivity index (χ3v) is 7.12. The number of unbranched alkanes of at least 4 members (excludes halogenated alkanes) is 14. The van der Waals surface area contributed by atoms with Crippen LogP contribution < -0.4 is 4.57 Å². The van der Waals surface area contributed by atoms with Crippen LogP contribution in [0.25, 0.3) is 0 Å². The lowest BCUT2D eigenvalue weighted by molar-refractivity contribution is -0.727. The molecule has 0 saturated heterocycles. The quantitative estimate of drug-likeness (QED) is 0.139. The molecule has 1 aromatic rings. The Morgan fingerprint density at radius 1 is 0.613 bits per heavy atom. The van der Waals surface area contributed by atoms with Crippen LogP contribution in [0.15, 0.2) is 12.4 Å². The van der Waals surface area contributed by atoms with E-state index in [1.807, 2.05) is 0 Å². The first kappa shape index (κ1) is 28.2. The van der Waals surface area contributed by atoms with Crippen molar-refractivity contribution in [3.63, 3.8) is 0 Å². The number of hydrogen-bond donors (Lipinski definition) is 1. The highest BCUT2D eigenvalue weighted by molar-refractivity contribution is 4.90. The Balaban J connectivity index is 2.33. The number of rotatable bonds is 22. The molecule has 31 heavy (non-hydrogen) atoms. The number of nitrogens with one attached hydrogen (secondary N) is 1. The molecule has 1 heterocycles. The maximum atomic E-state index is 3.64. The summed E-state index contributed by atoms with van der Waals surface area (Å²) in [5, 5.41) is 0. The van der Waals surface area contributed by atoms with Crippen LogP contribution in [0.4, 0.5) is 0 Å². The van der Waals surface area contributed by atoms with E-state index in [2.05, 4.69) is 49.6 Å². The highest BCUT2D eigenvalue weighted by Gasteiger charge is 2.24. The van der Waals surface area contributed by atoms with Gasteiger partial charge in [0.2, 0.25) is 0 Å². The van der Waals surface area contributed by atoms with Crippen LogP contribution >= 0.6 is 0 Å². The van der Waals surface area contributed by atoms with Gasteiger partial charge < -0.3 is 0 Å². The number of aromatic amines is 1. The molecule has 0 bridgehead atoms. The van der Waals surface area contributed by atoms with Gasteiger partial charge in [-0.2, -0.15) is 0 Å². The van der Waals surface area contributed by atoms with Crippen molar-refractivity contribution in [3.05, 3.63) is 18.2 Å². The molecule has 1 rings (SSSR count). The van der Waals surface area contributed by atoms with Crippen LogP contribution in [0.1, 0.15) is 174 Å². The van der Waals surface area contributed by atoms with E-state index in [1.165, 1.54) is 134 Å². The maximum Gasteiger partial charge on any atom is 0.257 e. The zero-order valence-electron chi connectivity index (χ0n) is 21.9. The molecule has 0 radical (unpaired) electrons. The fraction of sp³-hybridized carbons (Fsp3) is 0.897. The van der Waals surface area contributed by atoms with Crippen LogP contribution in [0.5, 0.6) is 0 Å². The Labute approximate surface area is 196 Å². The Kier molecular flexibility index (Phi) is 18.1. The lowest BCUT2D eigenvalue weighted by atomic mass is 9.94. The van der Waals surface area contributed by atoms with Gasteiger partial charge in [-0.25, -0.2) is 9.55 Å². The Bertz CT molecular complexity index is 493. The Morgan fingerprint density at radius 3 is 1.61 bits per heavy atom. The molecule has 2 heteroatoms. The van der Waals surface area contributed by atoms with E-state index in [0.717, 1.165) is 0 Å². The van der Waals surface area contributed by atoms with E-state index in [9.17, 15) is 0 Å². The molecule has 2 nitrogen and oxygen atoms in total. The number of hydrogen-bond acceptors (Lipinski definition) is 0. The van der Waals surface area contributed by atoms with E-state index >= 15 is 0 Å². The molecule has 0 fully saturated rings. The molecule has 0 aliphatic carbocycles. The van der Waals surface area contributed by atoms with E-state index in [4.69, 9.17) is 0 Å². The summed E-state index contributed by atoms with van der Waals surface area (Å²) in [4.78, 5) is 3.64. The summed E-state index contributed by atoms with van der Waals surface area (Å²) in [6, 6.07) is 0.624. The summed E-state index contributed by atoms with van der Waals surface area (Å²) in [6.45, 7) is 9.38. The minimum Gasteiger partial charge on any atom is -0.247 e. The van der Waals surface area contributed by atoms with Crippen LogP contribution in [0, 0.1) is 0 Å². The van der Waals surface area contributed by atoms with Crippen LogP contribution in [0.2, 0.25) is 0 Å². The molecular weight excluding hydrogens is 376 g/mol. The number of nitrogens with zero attached hydrogens (tertiary/aromatic N) is 1. The van der Waals surface area contributed by atoms with E-state index < -0.39 is 0 Å². The summed E-state index contributed by atoms with van der Waals surface area (Å²) in [5.74, 6) is 2.21. The van der Waals surface area contributed by atoms with E-state index in [0.29, 0.717) is 12.0 Å². The lowest BCUT2D eigenvalue weighted by Gasteiger charge is -2.16. The maximum absolute atomic E-state index is 3.64.